The van der Waals surface area contributed by atoms with Gasteiger partial charge in [0.05, 0.1) is 13.0 Å². The van der Waals surface area contributed by atoms with Crippen molar-refractivity contribution in [2.24, 2.45) is 5.92 Å². The summed E-state index contributed by atoms with van der Waals surface area (Å²) in [6, 6.07) is 5.62. The van der Waals surface area contributed by atoms with Crippen LogP contribution in [0.1, 0.15) is 25.7 Å². The molecule has 1 aromatic rings. The number of methoxy groups -OCH3 is 1. The second-order valence-electron chi connectivity index (χ2n) is 4.28. The van der Waals surface area contributed by atoms with E-state index in [0.717, 1.165) is 25.7 Å². The second-order valence-corrected chi connectivity index (χ2v) is 4.28. The van der Waals surface area contributed by atoms with E-state index in [9.17, 15) is 4.79 Å². The van der Waals surface area contributed by atoms with Gasteiger partial charge in [-0.1, -0.05) is 6.07 Å². The molecule has 0 bridgehead atoms. The maximum Gasteiger partial charge on any atom is 0.308 e. The zero-order valence-corrected chi connectivity index (χ0v) is 9.96. The summed E-state index contributed by atoms with van der Waals surface area (Å²) in [5.41, 5.74) is 0. The van der Waals surface area contributed by atoms with Gasteiger partial charge in [-0.3, -0.25) is 4.79 Å². The van der Waals surface area contributed by atoms with Crippen molar-refractivity contribution < 1.29 is 14.3 Å². The molecule has 4 heteroatoms. The maximum atomic E-state index is 11.4. The molecule has 0 aromatic carbocycles. The molecule has 1 saturated carbocycles. The Morgan fingerprint density at radius 2 is 2.06 bits per heavy atom. The summed E-state index contributed by atoms with van der Waals surface area (Å²) in [4.78, 5) is 15.5. The van der Waals surface area contributed by atoms with Gasteiger partial charge in [0.1, 0.15) is 6.10 Å². The summed E-state index contributed by atoms with van der Waals surface area (Å²) in [5.74, 6) is 0.610. The fourth-order valence-electron chi connectivity index (χ4n) is 2.17. The van der Waals surface area contributed by atoms with Crippen molar-refractivity contribution in [3.63, 3.8) is 0 Å². The summed E-state index contributed by atoms with van der Waals surface area (Å²) in [7, 11) is 1.44. The van der Waals surface area contributed by atoms with Crippen molar-refractivity contribution in [1.29, 1.82) is 0 Å². The van der Waals surface area contributed by atoms with Gasteiger partial charge in [0.15, 0.2) is 0 Å². The Bertz CT molecular complexity index is 358. The van der Waals surface area contributed by atoms with Gasteiger partial charge in [-0.2, -0.15) is 0 Å². The third-order valence-electron chi connectivity index (χ3n) is 3.13. The third-order valence-corrected chi connectivity index (χ3v) is 3.13. The minimum absolute atomic E-state index is 0.0450. The standard InChI is InChI=1S/C13H17NO3/c1-16-13(15)10-5-7-11(8-6-10)17-12-4-2-3-9-14-12/h2-4,9-11H,5-8H2,1H3/t10-,11-. The van der Waals surface area contributed by atoms with Crippen molar-refractivity contribution >= 4 is 5.97 Å². The highest BCUT2D eigenvalue weighted by molar-refractivity contribution is 5.72. The lowest BCUT2D eigenvalue weighted by Gasteiger charge is -2.26. The van der Waals surface area contributed by atoms with Gasteiger partial charge < -0.3 is 9.47 Å². The molecule has 0 spiro atoms. The van der Waals surface area contributed by atoms with Crippen molar-refractivity contribution in [2.45, 2.75) is 31.8 Å². The Balaban J connectivity index is 1.82. The van der Waals surface area contributed by atoms with E-state index in [1.165, 1.54) is 7.11 Å². The van der Waals surface area contributed by atoms with Gasteiger partial charge in [0.25, 0.3) is 0 Å². The molecule has 1 aliphatic carbocycles. The lowest BCUT2D eigenvalue weighted by molar-refractivity contribution is -0.147. The normalized spacial score (nSPS) is 24.1. The number of hydrogen-bond donors (Lipinski definition) is 0. The van der Waals surface area contributed by atoms with E-state index in [1.807, 2.05) is 18.2 Å². The van der Waals surface area contributed by atoms with E-state index < -0.39 is 0 Å². The van der Waals surface area contributed by atoms with Crippen molar-refractivity contribution in [1.82, 2.24) is 4.98 Å². The predicted octanol–water partition coefficient (Wildman–Crippen LogP) is 2.19. The van der Waals surface area contributed by atoms with E-state index >= 15 is 0 Å². The highest BCUT2D eigenvalue weighted by Crippen LogP contribution is 2.27. The second kappa shape index (κ2) is 5.66. The van der Waals surface area contributed by atoms with Crippen molar-refractivity contribution in [3.8, 4) is 5.88 Å². The minimum atomic E-state index is -0.0960. The Kier molecular flexibility index (Phi) is 3.96. The first-order chi connectivity index (χ1) is 8.29. The van der Waals surface area contributed by atoms with Crippen molar-refractivity contribution in [3.05, 3.63) is 24.4 Å². The lowest BCUT2D eigenvalue weighted by atomic mass is 9.87. The first-order valence-electron chi connectivity index (χ1n) is 5.95. The summed E-state index contributed by atoms with van der Waals surface area (Å²) < 4.78 is 10.5. The van der Waals surface area contributed by atoms with E-state index in [4.69, 9.17) is 9.47 Å². The number of carbonyl (C=O) groups excluding carboxylic acids is 1. The van der Waals surface area contributed by atoms with E-state index in [0.29, 0.717) is 5.88 Å². The number of rotatable bonds is 3. The molecule has 0 atom stereocenters. The number of esters is 1. The van der Waals surface area contributed by atoms with Gasteiger partial charge in [-0.15, -0.1) is 0 Å². The number of pyridine rings is 1. The van der Waals surface area contributed by atoms with Crippen LogP contribution in [0.3, 0.4) is 0 Å². The molecule has 1 aliphatic rings. The molecule has 1 heterocycles. The average Bonchev–Trinajstić information content (AvgIpc) is 2.40. The highest BCUT2D eigenvalue weighted by atomic mass is 16.5. The molecular formula is C13H17NO3. The molecule has 92 valence electrons. The fourth-order valence-corrected chi connectivity index (χ4v) is 2.17. The van der Waals surface area contributed by atoms with Gasteiger partial charge in [-0.05, 0) is 31.7 Å². The smallest absolute Gasteiger partial charge is 0.308 e. The summed E-state index contributed by atoms with van der Waals surface area (Å²) in [5, 5.41) is 0. The quantitative estimate of drug-likeness (QED) is 0.753. The predicted molar refractivity (Wildman–Crippen MR) is 62.6 cm³/mol. The molecule has 0 amide bonds. The van der Waals surface area contributed by atoms with E-state index in [-0.39, 0.29) is 18.0 Å². The SMILES string of the molecule is COC(=O)[C@H]1CC[C@H](Oc2ccccn2)CC1. The molecule has 0 aliphatic heterocycles. The molecule has 0 unspecified atom stereocenters. The summed E-state index contributed by atoms with van der Waals surface area (Å²) in [6.45, 7) is 0. The van der Waals surface area contributed by atoms with Crippen LogP contribution in [0.25, 0.3) is 0 Å². The van der Waals surface area contributed by atoms with E-state index in [2.05, 4.69) is 4.98 Å². The Labute approximate surface area is 101 Å². The molecule has 17 heavy (non-hydrogen) atoms. The monoisotopic (exact) mass is 235 g/mol. The van der Waals surface area contributed by atoms with Crippen LogP contribution in [0.4, 0.5) is 0 Å². The Hall–Kier alpha value is -1.58. The number of aromatic nitrogens is 1. The molecule has 0 N–H and O–H groups in total. The molecule has 1 fully saturated rings. The highest BCUT2D eigenvalue weighted by Gasteiger charge is 2.27. The average molecular weight is 235 g/mol. The fraction of sp³-hybridized carbons (Fsp3) is 0.538. The van der Waals surface area contributed by atoms with Crippen LogP contribution in [0.2, 0.25) is 0 Å². The number of carbonyl (C=O) groups is 1. The van der Waals surface area contributed by atoms with Crippen LogP contribution in [0.15, 0.2) is 24.4 Å². The van der Waals surface area contributed by atoms with Crippen LogP contribution >= 0.6 is 0 Å². The van der Waals surface area contributed by atoms with Gasteiger partial charge in [-0.25, -0.2) is 4.98 Å². The molecule has 0 saturated heterocycles. The zero-order valence-electron chi connectivity index (χ0n) is 9.96. The summed E-state index contributed by atoms with van der Waals surface area (Å²) in [6.07, 6.45) is 5.34. The number of hydrogen-bond acceptors (Lipinski definition) is 4. The Morgan fingerprint density at radius 1 is 1.29 bits per heavy atom. The van der Waals surface area contributed by atoms with Crippen LogP contribution in [-0.4, -0.2) is 24.2 Å². The molecule has 0 radical (unpaired) electrons. The van der Waals surface area contributed by atoms with Gasteiger partial charge >= 0.3 is 5.97 Å². The minimum Gasteiger partial charge on any atom is -0.474 e. The van der Waals surface area contributed by atoms with Crippen LogP contribution < -0.4 is 4.74 Å². The van der Waals surface area contributed by atoms with Crippen molar-refractivity contribution in [2.75, 3.05) is 7.11 Å². The Morgan fingerprint density at radius 3 is 2.65 bits per heavy atom. The number of ether oxygens (including phenoxy) is 2. The van der Waals surface area contributed by atoms with Crippen LogP contribution in [0, 0.1) is 5.92 Å². The number of nitrogens with zero attached hydrogens (tertiary/aromatic N) is 1. The van der Waals surface area contributed by atoms with E-state index in [1.54, 1.807) is 6.20 Å². The van der Waals surface area contributed by atoms with Gasteiger partial charge in [0.2, 0.25) is 5.88 Å². The first-order valence-corrected chi connectivity index (χ1v) is 5.95. The van der Waals surface area contributed by atoms with Crippen LogP contribution in [-0.2, 0) is 9.53 Å². The topological polar surface area (TPSA) is 48.4 Å². The molecular weight excluding hydrogens is 218 g/mol. The lowest BCUT2D eigenvalue weighted by Crippen LogP contribution is -2.28. The largest absolute Gasteiger partial charge is 0.474 e. The van der Waals surface area contributed by atoms with Crippen LogP contribution in [0.5, 0.6) is 5.88 Å². The third kappa shape index (κ3) is 3.19. The van der Waals surface area contributed by atoms with Gasteiger partial charge in [0, 0.05) is 12.3 Å². The maximum absolute atomic E-state index is 11.4. The molecule has 1 aromatic heterocycles. The zero-order chi connectivity index (χ0) is 12.1. The molecule has 2 rings (SSSR count). The molecule has 4 nitrogen and oxygen atoms in total. The first kappa shape index (κ1) is 11.9. The summed E-state index contributed by atoms with van der Waals surface area (Å²) >= 11 is 0.